The molecule has 3 fully saturated rings. The van der Waals surface area contributed by atoms with E-state index in [1.807, 2.05) is 0 Å². The molecule has 3 heterocycles. The van der Waals surface area contributed by atoms with Crippen molar-refractivity contribution in [1.82, 2.24) is 19.6 Å². The number of rotatable bonds is 6. The zero-order valence-electron chi connectivity index (χ0n) is 19.8. The molecule has 0 aromatic rings. The standard InChI is InChI=1S/C24H48N4/c1-20(2)26-11-7-22(8-12-26)17-25-15-16-28(24(5,6)19-25)18-23-9-13-27(14-10-23)21(3)4/h20-23H,7-19H2,1-6H3. The van der Waals surface area contributed by atoms with Crippen molar-refractivity contribution in [2.24, 2.45) is 11.8 Å². The minimum Gasteiger partial charge on any atom is -0.301 e. The van der Waals surface area contributed by atoms with Crippen molar-refractivity contribution in [2.45, 2.75) is 84.8 Å². The Balaban J connectivity index is 1.42. The monoisotopic (exact) mass is 392 g/mol. The van der Waals surface area contributed by atoms with E-state index >= 15 is 0 Å². The topological polar surface area (TPSA) is 13.0 Å². The molecule has 0 bridgehead atoms. The molecule has 3 aliphatic rings. The maximum atomic E-state index is 2.82. The van der Waals surface area contributed by atoms with E-state index < -0.39 is 0 Å². The predicted molar refractivity (Wildman–Crippen MR) is 121 cm³/mol. The maximum absolute atomic E-state index is 2.82. The van der Waals surface area contributed by atoms with Crippen LogP contribution in [0.3, 0.4) is 0 Å². The summed E-state index contributed by atoms with van der Waals surface area (Å²) >= 11 is 0. The van der Waals surface area contributed by atoms with E-state index in [4.69, 9.17) is 0 Å². The number of hydrogen-bond acceptors (Lipinski definition) is 4. The summed E-state index contributed by atoms with van der Waals surface area (Å²) in [7, 11) is 0. The van der Waals surface area contributed by atoms with Gasteiger partial charge in [-0.1, -0.05) is 0 Å². The van der Waals surface area contributed by atoms with Gasteiger partial charge in [-0.3, -0.25) is 9.80 Å². The Hall–Kier alpha value is -0.160. The van der Waals surface area contributed by atoms with E-state index in [1.54, 1.807) is 0 Å². The second kappa shape index (κ2) is 9.76. The molecule has 0 amide bonds. The van der Waals surface area contributed by atoms with E-state index in [0.29, 0.717) is 11.6 Å². The second-order valence-electron chi connectivity index (χ2n) is 11.1. The van der Waals surface area contributed by atoms with Crippen molar-refractivity contribution < 1.29 is 0 Å². The van der Waals surface area contributed by atoms with Gasteiger partial charge in [0.25, 0.3) is 0 Å². The molecule has 28 heavy (non-hydrogen) atoms. The third-order valence-corrected chi connectivity index (χ3v) is 7.91. The Morgan fingerprint density at radius 3 is 1.57 bits per heavy atom. The second-order valence-corrected chi connectivity index (χ2v) is 11.1. The fourth-order valence-electron chi connectivity index (χ4n) is 5.77. The van der Waals surface area contributed by atoms with Gasteiger partial charge < -0.3 is 9.80 Å². The Morgan fingerprint density at radius 2 is 1.14 bits per heavy atom. The van der Waals surface area contributed by atoms with Gasteiger partial charge in [0.2, 0.25) is 0 Å². The average molecular weight is 393 g/mol. The van der Waals surface area contributed by atoms with Gasteiger partial charge >= 0.3 is 0 Å². The molecule has 0 spiro atoms. The first-order valence-electron chi connectivity index (χ1n) is 12.2. The molecule has 4 nitrogen and oxygen atoms in total. The first-order chi connectivity index (χ1) is 13.2. The molecule has 0 unspecified atom stereocenters. The summed E-state index contributed by atoms with van der Waals surface area (Å²) in [5, 5.41) is 0. The van der Waals surface area contributed by atoms with Crippen LogP contribution in [0.15, 0.2) is 0 Å². The molecule has 0 atom stereocenters. The fourth-order valence-corrected chi connectivity index (χ4v) is 5.77. The zero-order chi connectivity index (χ0) is 20.3. The van der Waals surface area contributed by atoms with E-state index in [-0.39, 0.29) is 0 Å². The number of piperidine rings is 2. The lowest BCUT2D eigenvalue weighted by molar-refractivity contribution is -0.00882. The average Bonchev–Trinajstić information content (AvgIpc) is 2.64. The van der Waals surface area contributed by atoms with Crippen LogP contribution in [0.5, 0.6) is 0 Å². The molecular formula is C24H48N4. The molecule has 3 aliphatic heterocycles. The minimum atomic E-state index is 0.325. The highest BCUT2D eigenvalue weighted by atomic mass is 15.3. The highest BCUT2D eigenvalue weighted by Crippen LogP contribution is 2.28. The van der Waals surface area contributed by atoms with Crippen molar-refractivity contribution in [3.63, 3.8) is 0 Å². The van der Waals surface area contributed by atoms with Crippen molar-refractivity contribution in [2.75, 3.05) is 58.9 Å². The normalized spacial score (nSPS) is 27.9. The summed E-state index contributed by atoms with van der Waals surface area (Å²) in [6.45, 7) is 26.0. The molecule has 4 heteroatoms. The molecule has 164 valence electrons. The molecule has 0 radical (unpaired) electrons. The van der Waals surface area contributed by atoms with Gasteiger partial charge in [0.05, 0.1) is 0 Å². The van der Waals surface area contributed by atoms with Crippen molar-refractivity contribution in [1.29, 1.82) is 0 Å². The number of nitrogens with zero attached hydrogens (tertiary/aromatic N) is 4. The van der Waals surface area contributed by atoms with Gasteiger partial charge in [0.1, 0.15) is 0 Å². The maximum Gasteiger partial charge on any atom is 0.0280 e. The van der Waals surface area contributed by atoms with Crippen LogP contribution in [-0.2, 0) is 0 Å². The summed E-state index contributed by atoms with van der Waals surface area (Å²) in [5.41, 5.74) is 0.325. The summed E-state index contributed by atoms with van der Waals surface area (Å²) in [4.78, 5) is 10.9. The van der Waals surface area contributed by atoms with Gasteiger partial charge in [-0.15, -0.1) is 0 Å². The van der Waals surface area contributed by atoms with Crippen LogP contribution in [0, 0.1) is 11.8 Å². The van der Waals surface area contributed by atoms with Crippen molar-refractivity contribution >= 4 is 0 Å². The van der Waals surface area contributed by atoms with Gasteiger partial charge in [0, 0.05) is 50.3 Å². The third kappa shape index (κ3) is 5.93. The van der Waals surface area contributed by atoms with Crippen LogP contribution in [0.25, 0.3) is 0 Å². The van der Waals surface area contributed by atoms with Crippen LogP contribution < -0.4 is 0 Å². The SMILES string of the molecule is CC(C)N1CCC(CN2CCN(CC3CCN(C(C)C)CC3)C(C)(C)C2)CC1. The van der Waals surface area contributed by atoms with Gasteiger partial charge in [-0.05, 0) is 105 Å². The fraction of sp³-hybridized carbons (Fsp3) is 1.00. The quantitative estimate of drug-likeness (QED) is 0.684. The van der Waals surface area contributed by atoms with Crippen LogP contribution in [0.2, 0.25) is 0 Å². The summed E-state index contributed by atoms with van der Waals surface area (Å²) in [6.07, 6.45) is 5.58. The van der Waals surface area contributed by atoms with E-state index in [9.17, 15) is 0 Å². The Bertz CT molecular complexity index is 459. The number of piperazine rings is 1. The molecule has 0 N–H and O–H groups in total. The lowest BCUT2D eigenvalue weighted by atomic mass is 9.90. The summed E-state index contributed by atoms with van der Waals surface area (Å²) in [6, 6.07) is 1.43. The first kappa shape index (κ1) is 22.5. The largest absolute Gasteiger partial charge is 0.301 e. The Kier molecular flexibility index (Phi) is 7.86. The third-order valence-electron chi connectivity index (χ3n) is 7.91. The Morgan fingerprint density at radius 1 is 0.679 bits per heavy atom. The van der Waals surface area contributed by atoms with Gasteiger partial charge in [-0.2, -0.15) is 0 Å². The molecule has 0 saturated carbocycles. The lowest BCUT2D eigenvalue weighted by Gasteiger charge is -2.50. The molecule has 3 rings (SSSR count). The first-order valence-corrected chi connectivity index (χ1v) is 12.2. The highest BCUT2D eigenvalue weighted by molar-refractivity contribution is 4.92. The van der Waals surface area contributed by atoms with Crippen LogP contribution in [-0.4, -0.2) is 96.1 Å². The molecule has 3 saturated heterocycles. The predicted octanol–water partition coefficient (Wildman–Crippen LogP) is 3.62. The van der Waals surface area contributed by atoms with E-state index in [2.05, 4.69) is 61.1 Å². The van der Waals surface area contributed by atoms with Crippen LogP contribution in [0.1, 0.15) is 67.2 Å². The van der Waals surface area contributed by atoms with Crippen molar-refractivity contribution in [3.05, 3.63) is 0 Å². The number of likely N-dealkylation sites (tertiary alicyclic amines) is 2. The summed E-state index contributed by atoms with van der Waals surface area (Å²) < 4.78 is 0. The number of hydrogen-bond donors (Lipinski definition) is 0. The van der Waals surface area contributed by atoms with Gasteiger partial charge in [-0.25, -0.2) is 0 Å². The smallest absolute Gasteiger partial charge is 0.0280 e. The molecule has 0 aliphatic carbocycles. The summed E-state index contributed by atoms with van der Waals surface area (Å²) in [5.74, 6) is 1.82. The Labute approximate surface area is 175 Å². The van der Waals surface area contributed by atoms with Crippen molar-refractivity contribution in [3.8, 4) is 0 Å². The van der Waals surface area contributed by atoms with Crippen LogP contribution >= 0.6 is 0 Å². The minimum absolute atomic E-state index is 0.325. The van der Waals surface area contributed by atoms with Gasteiger partial charge in [0.15, 0.2) is 0 Å². The van der Waals surface area contributed by atoms with E-state index in [1.165, 1.54) is 84.6 Å². The molecule has 0 aromatic heterocycles. The highest BCUT2D eigenvalue weighted by Gasteiger charge is 2.36. The lowest BCUT2D eigenvalue weighted by Crippen LogP contribution is -2.61. The van der Waals surface area contributed by atoms with Crippen LogP contribution in [0.4, 0.5) is 0 Å². The van der Waals surface area contributed by atoms with E-state index in [0.717, 1.165) is 17.9 Å². The molecular weight excluding hydrogens is 344 g/mol. The molecule has 0 aromatic carbocycles. The zero-order valence-corrected chi connectivity index (χ0v) is 19.8.